The number of nitrogens with zero attached hydrogens (tertiary/aromatic N) is 1. The SMILES string of the molecule is COc1ccc(C(CNC(=O)CSc2ccc3ccccc3c2)N2CCOCC2)cc1. The lowest BCUT2D eigenvalue weighted by Gasteiger charge is -2.35. The Bertz CT molecular complexity index is 1000. The fourth-order valence-electron chi connectivity index (χ4n) is 3.84. The molecule has 6 heteroatoms. The number of hydrogen-bond acceptors (Lipinski definition) is 5. The summed E-state index contributed by atoms with van der Waals surface area (Å²) in [5.74, 6) is 1.28. The van der Waals surface area contributed by atoms with Crippen molar-refractivity contribution >= 4 is 28.4 Å². The Morgan fingerprint density at radius 3 is 2.55 bits per heavy atom. The molecule has 1 unspecified atom stereocenters. The molecule has 1 atom stereocenters. The van der Waals surface area contributed by atoms with Gasteiger partial charge in [-0.25, -0.2) is 0 Å². The highest BCUT2D eigenvalue weighted by Crippen LogP contribution is 2.25. The molecule has 3 aromatic carbocycles. The highest BCUT2D eigenvalue weighted by atomic mass is 32.2. The molecule has 0 spiro atoms. The van der Waals surface area contributed by atoms with E-state index in [0.29, 0.717) is 12.3 Å². The smallest absolute Gasteiger partial charge is 0.230 e. The van der Waals surface area contributed by atoms with Crippen molar-refractivity contribution in [3.05, 3.63) is 72.3 Å². The molecular formula is C25H28N2O3S. The summed E-state index contributed by atoms with van der Waals surface area (Å²) in [7, 11) is 1.67. The van der Waals surface area contributed by atoms with Gasteiger partial charge in [0.05, 0.1) is 32.1 Å². The van der Waals surface area contributed by atoms with Crippen molar-refractivity contribution in [2.45, 2.75) is 10.9 Å². The van der Waals surface area contributed by atoms with Gasteiger partial charge in [-0.1, -0.05) is 42.5 Å². The van der Waals surface area contributed by atoms with E-state index in [4.69, 9.17) is 9.47 Å². The van der Waals surface area contributed by atoms with Crippen LogP contribution >= 0.6 is 11.8 Å². The zero-order valence-electron chi connectivity index (χ0n) is 17.8. The van der Waals surface area contributed by atoms with Crippen molar-refractivity contribution in [1.82, 2.24) is 10.2 Å². The van der Waals surface area contributed by atoms with Gasteiger partial charge in [0.15, 0.2) is 0 Å². The molecule has 3 aromatic rings. The molecule has 1 fully saturated rings. The lowest BCUT2D eigenvalue weighted by atomic mass is 10.0. The highest BCUT2D eigenvalue weighted by Gasteiger charge is 2.23. The molecule has 4 rings (SSSR count). The Balaban J connectivity index is 1.36. The maximum absolute atomic E-state index is 12.6. The third kappa shape index (κ3) is 5.79. The van der Waals surface area contributed by atoms with Gasteiger partial charge < -0.3 is 14.8 Å². The number of nitrogens with one attached hydrogen (secondary N) is 1. The Morgan fingerprint density at radius 1 is 1.06 bits per heavy atom. The van der Waals surface area contributed by atoms with E-state index in [1.807, 2.05) is 24.3 Å². The average Bonchev–Trinajstić information content (AvgIpc) is 2.84. The largest absolute Gasteiger partial charge is 0.497 e. The number of ether oxygens (including phenoxy) is 2. The molecule has 0 radical (unpaired) electrons. The van der Waals surface area contributed by atoms with Crippen LogP contribution < -0.4 is 10.1 Å². The molecule has 31 heavy (non-hydrogen) atoms. The summed E-state index contributed by atoms with van der Waals surface area (Å²) in [4.78, 5) is 16.1. The van der Waals surface area contributed by atoms with Gasteiger partial charge in [0.25, 0.3) is 0 Å². The normalized spacial score (nSPS) is 15.5. The van der Waals surface area contributed by atoms with E-state index < -0.39 is 0 Å². The number of rotatable bonds is 8. The van der Waals surface area contributed by atoms with Crippen LogP contribution in [0.15, 0.2) is 71.6 Å². The summed E-state index contributed by atoms with van der Waals surface area (Å²) in [5, 5.41) is 5.55. The summed E-state index contributed by atoms with van der Waals surface area (Å²) in [6.45, 7) is 3.73. The topological polar surface area (TPSA) is 50.8 Å². The van der Waals surface area contributed by atoms with Crippen LogP contribution in [0.3, 0.4) is 0 Å². The van der Waals surface area contributed by atoms with Gasteiger partial charge in [0, 0.05) is 24.5 Å². The molecule has 1 aliphatic heterocycles. The third-order valence-electron chi connectivity index (χ3n) is 5.57. The molecule has 1 amide bonds. The fourth-order valence-corrected chi connectivity index (χ4v) is 4.61. The quantitative estimate of drug-likeness (QED) is 0.538. The number of carbonyl (C=O) groups is 1. The van der Waals surface area contributed by atoms with E-state index in [0.717, 1.165) is 36.9 Å². The number of benzene rings is 3. The van der Waals surface area contributed by atoms with E-state index in [1.54, 1.807) is 18.9 Å². The van der Waals surface area contributed by atoms with Gasteiger partial charge in [0.1, 0.15) is 5.75 Å². The molecule has 1 saturated heterocycles. The molecule has 0 saturated carbocycles. The first-order valence-corrected chi connectivity index (χ1v) is 11.6. The summed E-state index contributed by atoms with van der Waals surface area (Å²) in [5.41, 5.74) is 1.17. The second-order valence-electron chi connectivity index (χ2n) is 7.54. The molecule has 162 valence electrons. The Labute approximate surface area is 187 Å². The Kier molecular flexibility index (Phi) is 7.46. The number of methoxy groups -OCH3 is 1. The lowest BCUT2D eigenvalue weighted by molar-refractivity contribution is -0.118. The minimum absolute atomic E-state index is 0.0462. The van der Waals surface area contributed by atoms with E-state index in [2.05, 4.69) is 52.7 Å². The minimum Gasteiger partial charge on any atom is -0.497 e. The van der Waals surface area contributed by atoms with Crippen LogP contribution in [0.5, 0.6) is 5.75 Å². The second kappa shape index (κ2) is 10.7. The monoisotopic (exact) mass is 436 g/mol. The zero-order chi connectivity index (χ0) is 21.5. The molecular weight excluding hydrogens is 408 g/mol. The summed E-state index contributed by atoms with van der Waals surface area (Å²) in [6, 6.07) is 22.8. The Hall–Kier alpha value is -2.54. The minimum atomic E-state index is 0.0462. The maximum Gasteiger partial charge on any atom is 0.230 e. The van der Waals surface area contributed by atoms with Crippen molar-refractivity contribution in [2.75, 3.05) is 45.7 Å². The Morgan fingerprint density at radius 2 is 1.81 bits per heavy atom. The van der Waals surface area contributed by atoms with Crippen LogP contribution in [0, 0.1) is 0 Å². The van der Waals surface area contributed by atoms with Crippen molar-refractivity contribution in [3.63, 3.8) is 0 Å². The number of morpholine rings is 1. The van der Waals surface area contributed by atoms with Crippen LogP contribution in [0.2, 0.25) is 0 Å². The maximum atomic E-state index is 12.6. The third-order valence-corrected chi connectivity index (χ3v) is 6.56. The van der Waals surface area contributed by atoms with Gasteiger partial charge in [0.2, 0.25) is 5.91 Å². The fraction of sp³-hybridized carbons (Fsp3) is 0.320. The first-order valence-electron chi connectivity index (χ1n) is 10.6. The molecule has 0 bridgehead atoms. The molecule has 0 aliphatic carbocycles. The first-order chi connectivity index (χ1) is 15.2. The van der Waals surface area contributed by atoms with E-state index in [-0.39, 0.29) is 11.9 Å². The average molecular weight is 437 g/mol. The van der Waals surface area contributed by atoms with Crippen LogP contribution in [0.4, 0.5) is 0 Å². The van der Waals surface area contributed by atoms with Crippen molar-refractivity contribution < 1.29 is 14.3 Å². The molecule has 1 heterocycles. The van der Waals surface area contributed by atoms with Crippen LogP contribution in [-0.2, 0) is 9.53 Å². The summed E-state index contributed by atoms with van der Waals surface area (Å²) < 4.78 is 10.8. The van der Waals surface area contributed by atoms with Gasteiger partial charge in [-0.15, -0.1) is 11.8 Å². The van der Waals surface area contributed by atoms with E-state index in [9.17, 15) is 4.79 Å². The second-order valence-corrected chi connectivity index (χ2v) is 8.59. The molecule has 0 aromatic heterocycles. The van der Waals surface area contributed by atoms with E-state index >= 15 is 0 Å². The number of carbonyl (C=O) groups excluding carboxylic acids is 1. The molecule has 5 nitrogen and oxygen atoms in total. The lowest BCUT2D eigenvalue weighted by Crippen LogP contribution is -2.44. The summed E-state index contributed by atoms with van der Waals surface area (Å²) in [6.07, 6.45) is 0. The molecule has 1 N–H and O–H groups in total. The predicted octanol–water partition coefficient (Wildman–Crippen LogP) is 4.13. The number of amides is 1. The van der Waals surface area contributed by atoms with Crippen LogP contribution in [0.1, 0.15) is 11.6 Å². The predicted molar refractivity (Wildman–Crippen MR) is 126 cm³/mol. The number of thioether (sulfide) groups is 1. The van der Waals surface area contributed by atoms with Gasteiger partial charge in [-0.3, -0.25) is 9.69 Å². The standard InChI is InChI=1S/C25H28N2O3S/c1-29-22-9-6-20(7-10-22)24(27-12-14-30-15-13-27)17-26-25(28)18-31-23-11-8-19-4-2-3-5-21(19)16-23/h2-11,16,24H,12-15,17-18H2,1H3,(H,26,28). The first kappa shape index (κ1) is 21.7. The highest BCUT2D eigenvalue weighted by molar-refractivity contribution is 8.00. The number of hydrogen-bond donors (Lipinski definition) is 1. The van der Waals surface area contributed by atoms with Gasteiger partial charge >= 0.3 is 0 Å². The van der Waals surface area contributed by atoms with Crippen LogP contribution in [-0.4, -0.2) is 56.5 Å². The summed E-state index contributed by atoms with van der Waals surface area (Å²) >= 11 is 1.57. The van der Waals surface area contributed by atoms with Crippen molar-refractivity contribution in [3.8, 4) is 5.75 Å². The molecule has 1 aliphatic rings. The van der Waals surface area contributed by atoms with Crippen molar-refractivity contribution in [1.29, 1.82) is 0 Å². The van der Waals surface area contributed by atoms with Gasteiger partial charge in [-0.05, 0) is 40.6 Å². The van der Waals surface area contributed by atoms with E-state index in [1.165, 1.54) is 16.3 Å². The van der Waals surface area contributed by atoms with Crippen LogP contribution in [0.25, 0.3) is 10.8 Å². The number of fused-ring (bicyclic) bond motifs is 1. The van der Waals surface area contributed by atoms with Gasteiger partial charge in [-0.2, -0.15) is 0 Å². The zero-order valence-corrected chi connectivity index (χ0v) is 18.6. The van der Waals surface area contributed by atoms with Crippen molar-refractivity contribution in [2.24, 2.45) is 0 Å².